The maximum atomic E-state index is 6.25. The van der Waals surface area contributed by atoms with E-state index in [-0.39, 0.29) is 11.1 Å². The average molecular weight is 303 g/mol. The van der Waals surface area contributed by atoms with Crippen LogP contribution in [0.3, 0.4) is 0 Å². The standard InChI is InChI=1S/C15H38N6/c1-14(2,17)15(3,4)21(5)13-12-20-11-10-19-9-8-18-7-6-16/h18-20H,6-13,16-17H2,1-5H3. The predicted octanol–water partition coefficient (Wildman–Crippen LogP) is -0.838. The maximum absolute atomic E-state index is 6.25. The van der Waals surface area contributed by atoms with Crippen LogP contribution in [0.5, 0.6) is 0 Å². The lowest BCUT2D eigenvalue weighted by Gasteiger charge is -2.45. The zero-order chi connectivity index (χ0) is 16.4. The van der Waals surface area contributed by atoms with Crippen LogP contribution < -0.4 is 27.4 Å². The van der Waals surface area contributed by atoms with Gasteiger partial charge in [-0.2, -0.15) is 0 Å². The summed E-state index contributed by atoms with van der Waals surface area (Å²) >= 11 is 0. The van der Waals surface area contributed by atoms with Gasteiger partial charge in [-0.25, -0.2) is 0 Å². The fourth-order valence-corrected chi connectivity index (χ4v) is 1.85. The van der Waals surface area contributed by atoms with Gasteiger partial charge in [0.2, 0.25) is 0 Å². The minimum absolute atomic E-state index is 0.0262. The minimum Gasteiger partial charge on any atom is -0.329 e. The van der Waals surface area contributed by atoms with Crippen molar-refractivity contribution in [2.75, 3.05) is 59.4 Å². The van der Waals surface area contributed by atoms with Crippen LogP contribution in [0, 0.1) is 0 Å². The summed E-state index contributed by atoms with van der Waals surface area (Å²) in [5.74, 6) is 0. The summed E-state index contributed by atoms with van der Waals surface area (Å²) in [4.78, 5) is 2.32. The van der Waals surface area contributed by atoms with Gasteiger partial charge in [-0.15, -0.1) is 0 Å². The summed E-state index contributed by atoms with van der Waals surface area (Å²) in [6.45, 7) is 16.0. The fourth-order valence-electron chi connectivity index (χ4n) is 1.85. The smallest absolute Gasteiger partial charge is 0.0324 e. The molecule has 128 valence electrons. The molecule has 0 amide bonds. The van der Waals surface area contributed by atoms with Crippen LogP contribution in [0.25, 0.3) is 0 Å². The summed E-state index contributed by atoms with van der Waals surface area (Å²) in [5.41, 5.74) is 11.4. The van der Waals surface area contributed by atoms with Crippen LogP contribution in [-0.2, 0) is 0 Å². The zero-order valence-corrected chi connectivity index (χ0v) is 14.8. The van der Waals surface area contributed by atoms with Gasteiger partial charge < -0.3 is 27.4 Å². The van der Waals surface area contributed by atoms with E-state index in [1.54, 1.807) is 0 Å². The molecule has 0 aromatic carbocycles. The molecule has 0 fully saturated rings. The van der Waals surface area contributed by atoms with Crippen molar-refractivity contribution < 1.29 is 0 Å². The first kappa shape index (κ1) is 20.8. The lowest BCUT2D eigenvalue weighted by Crippen LogP contribution is -2.62. The third-order valence-electron chi connectivity index (χ3n) is 4.43. The summed E-state index contributed by atoms with van der Waals surface area (Å²) < 4.78 is 0. The van der Waals surface area contributed by atoms with E-state index < -0.39 is 0 Å². The van der Waals surface area contributed by atoms with Gasteiger partial charge in [0.15, 0.2) is 0 Å². The van der Waals surface area contributed by atoms with Gasteiger partial charge in [-0.3, -0.25) is 4.90 Å². The Bertz CT molecular complexity index is 249. The van der Waals surface area contributed by atoms with Gasteiger partial charge in [-0.1, -0.05) is 0 Å². The van der Waals surface area contributed by atoms with E-state index in [1.807, 2.05) is 0 Å². The Kier molecular flexibility index (Phi) is 10.4. The molecule has 6 heteroatoms. The molecule has 0 aliphatic heterocycles. The predicted molar refractivity (Wildman–Crippen MR) is 92.6 cm³/mol. The minimum atomic E-state index is -0.222. The molecule has 21 heavy (non-hydrogen) atoms. The SMILES string of the molecule is CN(CCNCCNCCNCCN)C(C)(C)C(C)(C)N. The second-order valence-corrected chi connectivity index (χ2v) is 6.74. The van der Waals surface area contributed by atoms with Crippen molar-refractivity contribution in [3.8, 4) is 0 Å². The van der Waals surface area contributed by atoms with Crippen LogP contribution in [0.4, 0.5) is 0 Å². The van der Waals surface area contributed by atoms with Crippen LogP contribution >= 0.6 is 0 Å². The highest BCUT2D eigenvalue weighted by molar-refractivity contribution is 4.98. The lowest BCUT2D eigenvalue weighted by molar-refractivity contribution is 0.0856. The van der Waals surface area contributed by atoms with E-state index >= 15 is 0 Å². The normalized spacial score (nSPS) is 13.1. The van der Waals surface area contributed by atoms with Crippen molar-refractivity contribution in [1.82, 2.24) is 20.9 Å². The number of nitrogens with one attached hydrogen (secondary N) is 3. The molecule has 0 heterocycles. The van der Waals surface area contributed by atoms with Gasteiger partial charge in [0, 0.05) is 63.4 Å². The van der Waals surface area contributed by atoms with Gasteiger partial charge in [0.05, 0.1) is 0 Å². The Morgan fingerprint density at radius 1 is 0.810 bits per heavy atom. The van der Waals surface area contributed by atoms with Crippen molar-refractivity contribution in [2.24, 2.45) is 11.5 Å². The van der Waals surface area contributed by atoms with Crippen molar-refractivity contribution >= 4 is 0 Å². The molecule has 0 aliphatic carbocycles. The van der Waals surface area contributed by atoms with Crippen molar-refractivity contribution in [2.45, 2.75) is 38.8 Å². The first-order valence-corrected chi connectivity index (χ1v) is 8.06. The molecule has 7 N–H and O–H groups in total. The zero-order valence-electron chi connectivity index (χ0n) is 14.8. The first-order valence-electron chi connectivity index (χ1n) is 8.06. The highest BCUT2D eigenvalue weighted by Crippen LogP contribution is 2.23. The van der Waals surface area contributed by atoms with Gasteiger partial charge in [0.1, 0.15) is 0 Å². The Morgan fingerprint density at radius 2 is 1.24 bits per heavy atom. The van der Waals surface area contributed by atoms with Crippen molar-refractivity contribution in [1.29, 1.82) is 0 Å². The topological polar surface area (TPSA) is 91.4 Å². The van der Waals surface area contributed by atoms with Crippen LogP contribution in [-0.4, -0.2) is 75.4 Å². The Labute approximate surface area is 131 Å². The molecule has 0 saturated heterocycles. The molecule has 0 aromatic rings. The second-order valence-electron chi connectivity index (χ2n) is 6.74. The third-order valence-corrected chi connectivity index (χ3v) is 4.43. The van der Waals surface area contributed by atoms with E-state index in [0.29, 0.717) is 6.54 Å². The molecule has 0 unspecified atom stereocenters. The number of nitrogens with two attached hydrogens (primary N) is 2. The Morgan fingerprint density at radius 3 is 1.67 bits per heavy atom. The highest BCUT2D eigenvalue weighted by Gasteiger charge is 2.36. The largest absolute Gasteiger partial charge is 0.329 e. The van der Waals surface area contributed by atoms with Gasteiger partial charge >= 0.3 is 0 Å². The van der Waals surface area contributed by atoms with E-state index in [4.69, 9.17) is 11.5 Å². The van der Waals surface area contributed by atoms with Crippen LogP contribution in [0.1, 0.15) is 27.7 Å². The molecule has 0 aliphatic rings. The summed E-state index contributed by atoms with van der Waals surface area (Å²) in [6, 6.07) is 0. The first-order chi connectivity index (χ1) is 9.73. The van der Waals surface area contributed by atoms with Crippen molar-refractivity contribution in [3.63, 3.8) is 0 Å². The van der Waals surface area contributed by atoms with Gasteiger partial charge in [-0.05, 0) is 34.7 Å². The number of likely N-dealkylation sites (N-methyl/N-ethyl adjacent to an activating group) is 1. The molecule has 0 rings (SSSR count). The average Bonchev–Trinajstić information content (AvgIpc) is 2.39. The maximum Gasteiger partial charge on any atom is 0.0324 e. The van der Waals surface area contributed by atoms with E-state index in [0.717, 1.165) is 45.8 Å². The fraction of sp³-hybridized carbons (Fsp3) is 1.00. The highest BCUT2D eigenvalue weighted by atomic mass is 15.2. The number of nitrogens with zero attached hydrogens (tertiary/aromatic N) is 1. The molecule has 6 nitrogen and oxygen atoms in total. The number of hydrogen-bond acceptors (Lipinski definition) is 6. The quantitative estimate of drug-likeness (QED) is 0.285. The summed E-state index contributed by atoms with van der Waals surface area (Å²) in [6.07, 6.45) is 0. The Balaban J connectivity index is 3.55. The second kappa shape index (κ2) is 10.5. The summed E-state index contributed by atoms with van der Waals surface area (Å²) in [7, 11) is 2.14. The van der Waals surface area contributed by atoms with Gasteiger partial charge in [0.25, 0.3) is 0 Å². The Hall–Kier alpha value is -0.240. The monoisotopic (exact) mass is 302 g/mol. The number of hydrogen-bond donors (Lipinski definition) is 5. The molecule has 0 atom stereocenters. The molecule has 0 radical (unpaired) electrons. The van der Waals surface area contributed by atoms with E-state index in [9.17, 15) is 0 Å². The number of rotatable bonds is 13. The van der Waals surface area contributed by atoms with Crippen molar-refractivity contribution in [3.05, 3.63) is 0 Å². The third kappa shape index (κ3) is 8.70. The molecule has 0 aromatic heterocycles. The lowest BCUT2D eigenvalue weighted by atomic mass is 9.82. The molecular formula is C15H38N6. The summed E-state index contributed by atoms with van der Waals surface area (Å²) in [5, 5.41) is 10.1. The van der Waals surface area contributed by atoms with E-state index in [1.165, 1.54) is 0 Å². The molecule has 0 spiro atoms. The van der Waals surface area contributed by atoms with E-state index in [2.05, 4.69) is 55.6 Å². The molecular weight excluding hydrogens is 264 g/mol. The molecule has 0 saturated carbocycles. The molecule has 0 bridgehead atoms. The van der Waals surface area contributed by atoms with Crippen LogP contribution in [0.15, 0.2) is 0 Å². The van der Waals surface area contributed by atoms with Crippen LogP contribution in [0.2, 0.25) is 0 Å².